The molecule has 0 aliphatic carbocycles. The highest BCUT2D eigenvalue weighted by Gasteiger charge is 2.21. The molecule has 1 aliphatic rings. The van der Waals surface area contributed by atoms with Gasteiger partial charge in [-0.15, -0.1) is 0 Å². The second kappa shape index (κ2) is 5.59. The summed E-state index contributed by atoms with van der Waals surface area (Å²) in [5.41, 5.74) is 1.58. The molecule has 1 atom stereocenters. The van der Waals surface area contributed by atoms with Crippen molar-refractivity contribution in [1.29, 1.82) is 0 Å². The van der Waals surface area contributed by atoms with Crippen LogP contribution in [0.25, 0.3) is 0 Å². The van der Waals surface area contributed by atoms with Gasteiger partial charge < -0.3 is 10.6 Å². The first-order valence-corrected chi connectivity index (χ1v) is 5.85. The Balaban J connectivity index is 1.88. The molecular weight excluding hydrogens is 216 g/mol. The lowest BCUT2D eigenvalue weighted by atomic mass is 10.1. The van der Waals surface area contributed by atoms with Gasteiger partial charge in [0.25, 0.3) is 0 Å². The molecule has 1 saturated heterocycles. The third-order valence-corrected chi connectivity index (χ3v) is 2.93. The molecule has 1 heterocycles. The van der Waals surface area contributed by atoms with Crippen molar-refractivity contribution in [2.75, 3.05) is 6.54 Å². The number of carbonyl (C=O) groups excluding carboxylic acids is 2. The standard InChI is InChI=1S/C13H16N2O2/c16-9-11-4-1-3-10(7-11)8-15-13(17)12-5-2-6-14-12/h1,3-4,7,9,12,14H,2,5-6,8H2,(H,15,17). The van der Waals surface area contributed by atoms with Crippen LogP contribution in [0.1, 0.15) is 28.8 Å². The molecule has 90 valence electrons. The van der Waals surface area contributed by atoms with Crippen LogP contribution in [-0.4, -0.2) is 24.8 Å². The number of aldehydes is 1. The summed E-state index contributed by atoms with van der Waals surface area (Å²) in [6.45, 7) is 1.39. The van der Waals surface area contributed by atoms with Gasteiger partial charge in [0.05, 0.1) is 6.04 Å². The third-order valence-electron chi connectivity index (χ3n) is 2.93. The largest absolute Gasteiger partial charge is 0.351 e. The fourth-order valence-corrected chi connectivity index (χ4v) is 2.00. The van der Waals surface area contributed by atoms with Crippen LogP contribution in [-0.2, 0) is 11.3 Å². The molecule has 0 bridgehead atoms. The van der Waals surface area contributed by atoms with E-state index in [0.717, 1.165) is 31.2 Å². The zero-order valence-corrected chi connectivity index (χ0v) is 9.61. The van der Waals surface area contributed by atoms with Gasteiger partial charge >= 0.3 is 0 Å². The lowest BCUT2D eigenvalue weighted by molar-refractivity contribution is -0.122. The van der Waals surface area contributed by atoms with Gasteiger partial charge in [0.2, 0.25) is 5.91 Å². The normalized spacial score (nSPS) is 18.9. The van der Waals surface area contributed by atoms with Crippen molar-refractivity contribution in [3.8, 4) is 0 Å². The number of carbonyl (C=O) groups is 2. The van der Waals surface area contributed by atoms with Gasteiger partial charge in [-0.05, 0) is 31.0 Å². The summed E-state index contributed by atoms with van der Waals surface area (Å²) >= 11 is 0. The molecule has 1 amide bonds. The van der Waals surface area contributed by atoms with E-state index < -0.39 is 0 Å². The molecule has 0 aromatic heterocycles. The minimum absolute atomic E-state index is 0.0407. The SMILES string of the molecule is O=Cc1cccc(CNC(=O)C2CCCN2)c1. The zero-order valence-electron chi connectivity index (χ0n) is 9.61. The van der Waals surface area contributed by atoms with Crippen molar-refractivity contribution in [3.63, 3.8) is 0 Å². The highest BCUT2D eigenvalue weighted by molar-refractivity contribution is 5.82. The Kier molecular flexibility index (Phi) is 3.88. The summed E-state index contributed by atoms with van der Waals surface area (Å²) in [5, 5.41) is 6.02. The Morgan fingerprint density at radius 2 is 2.41 bits per heavy atom. The van der Waals surface area contributed by atoms with Crippen molar-refractivity contribution in [2.45, 2.75) is 25.4 Å². The van der Waals surface area contributed by atoms with E-state index in [1.807, 2.05) is 12.1 Å². The summed E-state index contributed by atoms with van der Waals surface area (Å²) in [6.07, 6.45) is 2.77. The predicted molar refractivity (Wildman–Crippen MR) is 64.7 cm³/mol. The summed E-state index contributed by atoms with van der Waals surface area (Å²) < 4.78 is 0. The first-order valence-electron chi connectivity index (χ1n) is 5.85. The number of rotatable bonds is 4. The second-order valence-electron chi connectivity index (χ2n) is 4.23. The molecule has 17 heavy (non-hydrogen) atoms. The van der Waals surface area contributed by atoms with Gasteiger partial charge in [0, 0.05) is 12.1 Å². The van der Waals surface area contributed by atoms with Crippen LogP contribution in [0.3, 0.4) is 0 Å². The van der Waals surface area contributed by atoms with E-state index in [1.54, 1.807) is 12.1 Å². The average molecular weight is 232 g/mol. The van der Waals surface area contributed by atoms with Gasteiger partial charge in [-0.2, -0.15) is 0 Å². The molecule has 1 aromatic carbocycles. The van der Waals surface area contributed by atoms with E-state index in [9.17, 15) is 9.59 Å². The van der Waals surface area contributed by atoms with Gasteiger partial charge in [0.15, 0.2) is 0 Å². The summed E-state index contributed by atoms with van der Waals surface area (Å²) in [4.78, 5) is 22.3. The smallest absolute Gasteiger partial charge is 0.237 e. The fourth-order valence-electron chi connectivity index (χ4n) is 2.00. The lowest BCUT2D eigenvalue weighted by Crippen LogP contribution is -2.39. The first-order chi connectivity index (χ1) is 8.29. The van der Waals surface area contributed by atoms with E-state index in [2.05, 4.69) is 10.6 Å². The van der Waals surface area contributed by atoms with Gasteiger partial charge in [-0.3, -0.25) is 9.59 Å². The van der Waals surface area contributed by atoms with E-state index >= 15 is 0 Å². The molecule has 1 unspecified atom stereocenters. The monoisotopic (exact) mass is 232 g/mol. The number of nitrogens with one attached hydrogen (secondary N) is 2. The molecule has 1 aromatic rings. The molecule has 2 rings (SSSR count). The number of hydrogen-bond acceptors (Lipinski definition) is 3. The highest BCUT2D eigenvalue weighted by atomic mass is 16.2. The number of benzene rings is 1. The first kappa shape index (κ1) is 11.8. The molecule has 1 fully saturated rings. The molecule has 4 heteroatoms. The van der Waals surface area contributed by atoms with E-state index in [4.69, 9.17) is 0 Å². The maximum absolute atomic E-state index is 11.7. The third kappa shape index (κ3) is 3.14. The quantitative estimate of drug-likeness (QED) is 0.757. The Bertz CT molecular complexity index is 412. The summed E-state index contributed by atoms with van der Waals surface area (Å²) in [6, 6.07) is 7.20. The number of hydrogen-bond donors (Lipinski definition) is 2. The van der Waals surface area contributed by atoms with E-state index in [1.165, 1.54) is 0 Å². The van der Waals surface area contributed by atoms with E-state index in [-0.39, 0.29) is 11.9 Å². The van der Waals surface area contributed by atoms with E-state index in [0.29, 0.717) is 12.1 Å². The molecule has 0 spiro atoms. The van der Waals surface area contributed by atoms with Crippen molar-refractivity contribution in [1.82, 2.24) is 10.6 Å². The van der Waals surface area contributed by atoms with Gasteiger partial charge in [-0.25, -0.2) is 0 Å². The molecule has 0 radical (unpaired) electrons. The van der Waals surface area contributed by atoms with Crippen LogP contribution in [0.15, 0.2) is 24.3 Å². The molecule has 2 N–H and O–H groups in total. The van der Waals surface area contributed by atoms with Crippen molar-refractivity contribution in [2.24, 2.45) is 0 Å². The van der Waals surface area contributed by atoms with Crippen molar-refractivity contribution in [3.05, 3.63) is 35.4 Å². The van der Waals surface area contributed by atoms with Crippen LogP contribution in [0.5, 0.6) is 0 Å². The molecule has 4 nitrogen and oxygen atoms in total. The Morgan fingerprint density at radius 3 is 3.12 bits per heavy atom. The van der Waals surface area contributed by atoms with Gasteiger partial charge in [0.1, 0.15) is 6.29 Å². The fraction of sp³-hybridized carbons (Fsp3) is 0.385. The summed E-state index contributed by atoms with van der Waals surface area (Å²) in [5.74, 6) is 0.0407. The van der Waals surface area contributed by atoms with Crippen LogP contribution >= 0.6 is 0 Å². The van der Waals surface area contributed by atoms with Gasteiger partial charge in [-0.1, -0.05) is 18.2 Å². The van der Waals surface area contributed by atoms with Crippen molar-refractivity contribution >= 4 is 12.2 Å². The molecule has 0 saturated carbocycles. The average Bonchev–Trinajstić information content (AvgIpc) is 2.90. The topological polar surface area (TPSA) is 58.2 Å². The maximum atomic E-state index is 11.7. The van der Waals surface area contributed by atoms with Crippen LogP contribution in [0.2, 0.25) is 0 Å². The number of amides is 1. The molecule has 1 aliphatic heterocycles. The maximum Gasteiger partial charge on any atom is 0.237 e. The van der Waals surface area contributed by atoms with Crippen LogP contribution in [0, 0.1) is 0 Å². The Labute approximate surface area is 100 Å². The minimum Gasteiger partial charge on any atom is -0.351 e. The highest BCUT2D eigenvalue weighted by Crippen LogP contribution is 2.06. The minimum atomic E-state index is -0.0516. The van der Waals surface area contributed by atoms with Crippen LogP contribution in [0.4, 0.5) is 0 Å². The lowest BCUT2D eigenvalue weighted by Gasteiger charge is -2.11. The Morgan fingerprint density at radius 1 is 1.53 bits per heavy atom. The van der Waals surface area contributed by atoms with Crippen molar-refractivity contribution < 1.29 is 9.59 Å². The summed E-state index contributed by atoms with van der Waals surface area (Å²) in [7, 11) is 0. The predicted octanol–water partition coefficient (Wildman–Crippen LogP) is 0.867. The molecular formula is C13H16N2O2. The van der Waals surface area contributed by atoms with Crippen LogP contribution < -0.4 is 10.6 Å². The Hall–Kier alpha value is -1.68. The second-order valence-corrected chi connectivity index (χ2v) is 4.23. The zero-order chi connectivity index (χ0) is 12.1.